The first-order valence-electron chi connectivity index (χ1n) is 9.16. The van der Waals surface area contributed by atoms with Gasteiger partial charge in [-0.05, 0) is 39.1 Å². The molecule has 0 radical (unpaired) electrons. The molecule has 0 aromatic heterocycles. The summed E-state index contributed by atoms with van der Waals surface area (Å²) in [7, 11) is 5.20. The molecule has 3 N–H and O–H groups in total. The van der Waals surface area contributed by atoms with Crippen LogP contribution in [0.5, 0.6) is 0 Å². The maximum atomic E-state index is 14.2. The van der Waals surface area contributed by atoms with Gasteiger partial charge in [-0.1, -0.05) is 6.07 Å². The fourth-order valence-corrected chi connectivity index (χ4v) is 3.37. The van der Waals surface area contributed by atoms with Crippen molar-refractivity contribution in [2.75, 3.05) is 54.1 Å². The Morgan fingerprint density at radius 3 is 2.56 bits per heavy atom. The summed E-state index contributed by atoms with van der Waals surface area (Å²) in [6.07, 6.45) is 1.52. The van der Waals surface area contributed by atoms with Crippen LogP contribution in [0.15, 0.2) is 23.2 Å². The van der Waals surface area contributed by atoms with Gasteiger partial charge in [0.05, 0.1) is 12.6 Å². The lowest BCUT2D eigenvalue weighted by molar-refractivity contribution is 0.127. The Bertz CT molecular complexity index is 614. The third kappa shape index (κ3) is 5.60. The highest BCUT2D eigenvalue weighted by Crippen LogP contribution is 2.31. The molecule has 2 unspecified atom stereocenters. The number of likely N-dealkylation sites (N-methyl/N-ethyl adjacent to an activating group) is 1. The van der Waals surface area contributed by atoms with Crippen LogP contribution in [0.25, 0.3) is 0 Å². The molecule has 1 aliphatic heterocycles. The zero-order valence-electron chi connectivity index (χ0n) is 16.3. The summed E-state index contributed by atoms with van der Waals surface area (Å²) < 4.78 is 33.8. The minimum Gasteiger partial charge on any atom is -0.396 e. The van der Waals surface area contributed by atoms with Crippen LogP contribution in [0.2, 0.25) is 0 Å². The number of aliphatic imine (C=N–C) groups is 1. The van der Waals surface area contributed by atoms with Gasteiger partial charge in [-0.3, -0.25) is 4.99 Å². The topological polar surface area (TPSA) is 69.1 Å². The van der Waals surface area contributed by atoms with Crippen molar-refractivity contribution >= 4 is 5.96 Å². The predicted molar refractivity (Wildman–Crippen MR) is 102 cm³/mol. The first kappa shape index (κ1) is 21.5. The van der Waals surface area contributed by atoms with E-state index in [0.717, 1.165) is 6.42 Å². The summed E-state index contributed by atoms with van der Waals surface area (Å²) in [6.45, 7) is 2.27. The Balaban J connectivity index is 2.00. The molecule has 8 heteroatoms. The van der Waals surface area contributed by atoms with E-state index in [1.807, 2.05) is 0 Å². The van der Waals surface area contributed by atoms with Crippen molar-refractivity contribution in [2.45, 2.75) is 18.9 Å². The summed E-state index contributed by atoms with van der Waals surface area (Å²) in [4.78, 5) is 5.96. The number of aliphatic hydroxyl groups excluding tert-OH is 1. The van der Waals surface area contributed by atoms with Crippen molar-refractivity contribution in [1.29, 1.82) is 0 Å². The molecule has 2 rings (SSSR count). The number of halogens is 2. The van der Waals surface area contributed by atoms with Gasteiger partial charge in [0.15, 0.2) is 5.96 Å². The Morgan fingerprint density at radius 1 is 1.33 bits per heavy atom. The molecule has 1 aromatic rings. The van der Waals surface area contributed by atoms with E-state index in [9.17, 15) is 13.9 Å². The quantitative estimate of drug-likeness (QED) is 0.468. The van der Waals surface area contributed by atoms with E-state index in [1.54, 1.807) is 26.0 Å². The molecule has 6 nitrogen and oxygen atoms in total. The van der Waals surface area contributed by atoms with Crippen LogP contribution in [0.3, 0.4) is 0 Å². The van der Waals surface area contributed by atoms with Gasteiger partial charge >= 0.3 is 0 Å². The number of hydrogen-bond donors (Lipinski definition) is 3. The van der Waals surface area contributed by atoms with Crippen molar-refractivity contribution < 1.29 is 18.6 Å². The van der Waals surface area contributed by atoms with Gasteiger partial charge in [0, 0.05) is 44.3 Å². The van der Waals surface area contributed by atoms with E-state index >= 15 is 0 Å². The maximum Gasteiger partial charge on any atom is 0.191 e. The van der Waals surface area contributed by atoms with Gasteiger partial charge in [-0.2, -0.15) is 0 Å². The Morgan fingerprint density at radius 2 is 2.04 bits per heavy atom. The van der Waals surface area contributed by atoms with Crippen LogP contribution in [0.1, 0.15) is 24.4 Å². The molecular formula is C19H30F2N4O2. The van der Waals surface area contributed by atoms with E-state index in [0.29, 0.717) is 32.1 Å². The summed E-state index contributed by atoms with van der Waals surface area (Å²) in [5, 5.41) is 15.7. The third-order valence-electron chi connectivity index (χ3n) is 5.10. The van der Waals surface area contributed by atoms with Crippen LogP contribution < -0.4 is 10.6 Å². The van der Waals surface area contributed by atoms with Crippen LogP contribution in [0, 0.1) is 17.0 Å². The highest BCUT2D eigenvalue weighted by Gasteiger charge is 2.34. The van der Waals surface area contributed by atoms with Crippen molar-refractivity contribution in [1.82, 2.24) is 15.5 Å². The molecular weight excluding hydrogens is 354 g/mol. The minimum atomic E-state index is -0.566. The Labute approximate surface area is 159 Å². The zero-order valence-corrected chi connectivity index (χ0v) is 16.3. The van der Waals surface area contributed by atoms with E-state index in [4.69, 9.17) is 4.74 Å². The van der Waals surface area contributed by atoms with Crippen molar-refractivity contribution in [3.8, 4) is 0 Å². The molecule has 1 aromatic carbocycles. The van der Waals surface area contributed by atoms with Gasteiger partial charge in [0.25, 0.3) is 0 Å². The van der Waals surface area contributed by atoms with Gasteiger partial charge in [-0.15, -0.1) is 0 Å². The minimum absolute atomic E-state index is 0.0337. The number of aliphatic hydroxyl groups is 1. The lowest BCUT2D eigenvalue weighted by atomic mass is 9.84. The largest absolute Gasteiger partial charge is 0.396 e. The summed E-state index contributed by atoms with van der Waals surface area (Å²) in [5.41, 5.74) is -0.0864. The fourth-order valence-electron chi connectivity index (χ4n) is 3.37. The number of rotatable bonds is 8. The van der Waals surface area contributed by atoms with E-state index in [1.165, 1.54) is 18.2 Å². The van der Waals surface area contributed by atoms with Gasteiger partial charge in [0.1, 0.15) is 11.6 Å². The van der Waals surface area contributed by atoms with E-state index in [2.05, 4.69) is 15.6 Å². The molecule has 0 aliphatic carbocycles. The number of ether oxygens (including phenoxy) is 1. The lowest BCUT2D eigenvalue weighted by Crippen LogP contribution is -2.46. The highest BCUT2D eigenvalue weighted by atomic mass is 19.1. The normalized spacial score (nSPS) is 21.5. The molecule has 152 valence electrons. The third-order valence-corrected chi connectivity index (χ3v) is 5.10. The van der Waals surface area contributed by atoms with Crippen LogP contribution in [0.4, 0.5) is 8.78 Å². The molecule has 0 bridgehead atoms. The molecule has 2 atom stereocenters. The molecule has 1 fully saturated rings. The van der Waals surface area contributed by atoms with Crippen LogP contribution in [-0.2, 0) is 4.74 Å². The number of nitrogens with one attached hydrogen (secondary N) is 2. The highest BCUT2D eigenvalue weighted by molar-refractivity contribution is 5.79. The molecule has 1 aliphatic rings. The van der Waals surface area contributed by atoms with Crippen LogP contribution >= 0.6 is 0 Å². The first-order chi connectivity index (χ1) is 12.9. The number of hydrogen-bond acceptors (Lipinski definition) is 4. The molecule has 0 amide bonds. The monoisotopic (exact) mass is 384 g/mol. The maximum absolute atomic E-state index is 14.2. The van der Waals surface area contributed by atoms with Crippen molar-refractivity contribution in [3.05, 3.63) is 35.4 Å². The number of nitrogens with zero attached hydrogens (tertiary/aromatic N) is 2. The molecule has 1 saturated heterocycles. The van der Waals surface area contributed by atoms with Crippen molar-refractivity contribution in [3.63, 3.8) is 0 Å². The predicted octanol–water partition coefficient (Wildman–Crippen LogP) is 1.52. The Kier molecular flexibility index (Phi) is 7.94. The standard InChI is InChI=1S/C19H30F2N4O2/c1-22-18(24-12-19(7-9-26)8-10-27-13-19)23-11-16(25(2)3)17-14(20)5-4-6-15(17)21/h4-6,16,26H,7-13H2,1-3H3,(H2,22,23,24). The molecule has 27 heavy (non-hydrogen) atoms. The SMILES string of the molecule is CN=C(NCC(c1c(F)cccc1F)N(C)C)NCC1(CCO)CCOC1. The summed E-state index contributed by atoms with van der Waals surface area (Å²) in [6, 6.07) is 3.39. The molecule has 1 heterocycles. The molecule has 0 spiro atoms. The lowest BCUT2D eigenvalue weighted by Gasteiger charge is -2.29. The molecule has 0 saturated carbocycles. The Hall–Kier alpha value is -1.77. The van der Waals surface area contributed by atoms with Gasteiger partial charge in [-0.25, -0.2) is 8.78 Å². The van der Waals surface area contributed by atoms with Gasteiger partial charge in [0.2, 0.25) is 0 Å². The summed E-state index contributed by atoms with van der Waals surface area (Å²) in [5.74, 6) is -0.588. The van der Waals surface area contributed by atoms with Crippen molar-refractivity contribution in [2.24, 2.45) is 10.4 Å². The first-order valence-corrected chi connectivity index (χ1v) is 9.16. The smallest absolute Gasteiger partial charge is 0.191 e. The number of benzene rings is 1. The van der Waals surface area contributed by atoms with E-state index < -0.39 is 17.7 Å². The van der Waals surface area contributed by atoms with E-state index in [-0.39, 0.29) is 24.1 Å². The van der Waals surface area contributed by atoms with Gasteiger partial charge < -0.3 is 25.4 Å². The second-order valence-corrected chi connectivity index (χ2v) is 7.20. The second kappa shape index (κ2) is 9.96. The summed E-state index contributed by atoms with van der Waals surface area (Å²) >= 11 is 0. The average molecular weight is 384 g/mol. The average Bonchev–Trinajstić information content (AvgIpc) is 3.08. The zero-order chi connectivity index (χ0) is 19.9. The van der Waals surface area contributed by atoms with Crippen LogP contribution in [-0.4, -0.2) is 70.0 Å². The second-order valence-electron chi connectivity index (χ2n) is 7.20. The fraction of sp³-hybridized carbons (Fsp3) is 0.632. The number of guanidine groups is 1.